The van der Waals surface area contributed by atoms with E-state index in [1.54, 1.807) is 0 Å². The van der Waals surface area contributed by atoms with Crippen LogP contribution in [0.2, 0.25) is 0 Å². The van der Waals surface area contributed by atoms with Crippen molar-refractivity contribution in [1.82, 2.24) is 5.32 Å². The zero-order valence-electron chi connectivity index (χ0n) is 10.0. The summed E-state index contributed by atoms with van der Waals surface area (Å²) in [4.78, 5) is 0. The highest BCUT2D eigenvalue weighted by atomic mass is 16.3. The van der Waals surface area contributed by atoms with Crippen LogP contribution in [0.25, 0.3) is 0 Å². The highest BCUT2D eigenvalue weighted by Crippen LogP contribution is 2.18. The van der Waals surface area contributed by atoms with Gasteiger partial charge in [0.15, 0.2) is 0 Å². The number of aliphatic hydroxyl groups excluding tert-OH is 1. The Morgan fingerprint density at radius 2 is 1.93 bits per heavy atom. The molecule has 0 radical (unpaired) electrons. The van der Waals surface area contributed by atoms with Gasteiger partial charge in [-0.05, 0) is 38.8 Å². The van der Waals surface area contributed by atoms with Crippen LogP contribution in [-0.4, -0.2) is 17.8 Å². The molecule has 0 bridgehead atoms. The van der Waals surface area contributed by atoms with E-state index in [0.29, 0.717) is 0 Å². The average Bonchev–Trinajstić information content (AvgIpc) is 2.17. The van der Waals surface area contributed by atoms with Crippen LogP contribution in [-0.2, 0) is 0 Å². The fraction of sp³-hybridized carbons (Fsp3) is 0.538. The van der Waals surface area contributed by atoms with Crippen LogP contribution in [0.15, 0.2) is 18.2 Å². The molecule has 0 saturated heterocycles. The molecule has 84 valence electrons. The van der Waals surface area contributed by atoms with Crippen molar-refractivity contribution < 1.29 is 5.11 Å². The molecule has 2 nitrogen and oxygen atoms in total. The van der Waals surface area contributed by atoms with Gasteiger partial charge in [-0.2, -0.15) is 0 Å². The predicted octanol–water partition coefficient (Wildman–Crippen LogP) is 2.33. The molecule has 0 aromatic heterocycles. The maximum Gasteiger partial charge on any atom is 0.0582 e. The molecule has 2 heteroatoms. The first-order valence-electron chi connectivity index (χ1n) is 5.48. The topological polar surface area (TPSA) is 32.3 Å². The monoisotopic (exact) mass is 207 g/mol. The van der Waals surface area contributed by atoms with Crippen molar-refractivity contribution in [3.05, 3.63) is 34.9 Å². The van der Waals surface area contributed by atoms with Crippen LogP contribution in [0, 0.1) is 13.8 Å². The Kier molecular flexibility index (Phi) is 4.30. The van der Waals surface area contributed by atoms with Crippen LogP contribution >= 0.6 is 0 Å². The van der Waals surface area contributed by atoms with Gasteiger partial charge in [-0.3, -0.25) is 0 Å². The number of benzene rings is 1. The lowest BCUT2D eigenvalue weighted by molar-refractivity contribution is 0.243. The van der Waals surface area contributed by atoms with E-state index in [2.05, 4.69) is 44.3 Å². The molecule has 0 spiro atoms. The predicted molar refractivity (Wildman–Crippen MR) is 64.0 cm³/mol. The van der Waals surface area contributed by atoms with Crippen molar-refractivity contribution in [3.63, 3.8) is 0 Å². The lowest BCUT2D eigenvalue weighted by Crippen LogP contribution is -2.32. The molecule has 0 amide bonds. The number of hydrogen-bond acceptors (Lipinski definition) is 2. The molecular weight excluding hydrogens is 186 g/mol. The van der Waals surface area contributed by atoms with Crippen LogP contribution in [0.3, 0.4) is 0 Å². The third-order valence-corrected chi connectivity index (χ3v) is 2.70. The number of aryl methyl sites for hydroxylation is 2. The molecule has 0 heterocycles. The lowest BCUT2D eigenvalue weighted by Gasteiger charge is -2.20. The molecular formula is C13H21NO. The second-order valence-corrected chi connectivity index (χ2v) is 4.33. The van der Waals surface area contributed by atoms with Gasteiger partial charge in [-0.15, -0.1) is 0 Å². The molecule has 0 saturated carbocycles. The summed E-state index contributed by atoms with van der Waals surface area (Å²) in [7, 11) is 0. The number of hydrogen-bond donors (Lipinski definition) is 2. The van der Waals surface area contributed by atoms with Crippen LogP contribution < -0.4 is 5.32 Å². The summed E-state index contributed by atoms with van der Waals surface area (Å²) in [5.41, 5.74) is 3.90. The molecule has 1 rings (SSSR count). The molecule has 0 aliphatic carbocycles. The molecule has 1 aromatic rings. The minimum atomic E-state index is 0.140. The summed E-state index contributed by atoms with van der Waals surface area (Å²) < 4.78 is 0. The minimum absolute atomic E-state index is 0.140. The number of aliphatic hydroxyl groups is 1. The molecule has 0 aliphatic heterocycles. The standard InChI is InChI=1S/C13H21NO/c1-9-5-6-13(10(2)7-9)12(4)14-11(3)8-15/h5-7,11-12,14-15H,8H2,1-4H3/t11-,12-/m1/s1. The van der Waals surface area contributed by atoms with Crippen molar-refractivity contribution >= 4 is 0 Å². The molecule has 0 aliphatic rings. The normalized spacial score (nSPS) is 15.0. The smallest absolute Gasteiger partial charge is 0.0582 e. The quantitative estimate of drug-likeness (QED) is 0.794. The van der Waals surface area contributed by atoms with E-state index in [4.69, 9.17) is 5.11 Å². The molecule has 2 atom stereocenters. The summed E-state index contributed by atoms with van der Waals surface area (Å²) in [5.74, 6) is 0. The maximum absolute atomic E-state index is 8.98. The lowest BCUT2D eigenvalue weighted by atomic mass is 10.00. The SMILES string of the molecule is Cc1ccc([C@@H](C)N[C@H](C)CO)c(C)c1. The van der Waals surface area contributed by atoms with Gasteiger partial charge in [0.25, 0.3) is 0 Å². The largest absolute Gasteiger partial charge is 0.395 e. The zero-order valence-corrected chi connectivity index (χ0v) is 10.0. The molecule has 0 unspecified atom stereocenters. The summed E-state index contributed by atoms with van der Waals surface area (Å²) in [6.45, 7) is 8.52. The van der Waals surface area contributed by atoms with Crippen LogP contribution in [0.5, 0.6) is 0 Å². The molecule has 15 heavy (non-hydrogen) atoms. The zero-order chi connectivity index (χ0) is 11.4. The van der Waals surface area contributed by atoms with Gasteiger partial charge >= 0.3 is 0 Å². The first kappa shape index (κ1) is 12.2. The Labute approximate surface area is 92.3 Å². The minimum Gasteiger partial charge on any atom is -0.395 e. The van der Waals surface area contributed by atoms with Gasteiger partial charge < -0.3 is 10.4 Å². The van der Waals surface area contributed by atoms with E-state index in [0.717, 1.165) is 0 Å². The number of nitrogens with one attached hydrogen (secondary N) is 1. The van der Waals surface area contributed by atoms with Gasteiger partial charge in [0.05, 0.1) is 6.61 Å². The summed E-state index contributed by atoms with van der Waals surface area (Å²) in [6.07, 6.45) is 0. The third-order valence-electron chi connectivity index (χ3n) is 2.70. The summed E-state index contributed by atoms with van der Waals surface area (Å²) >= 11 is 0. The molecule has 1 aromatic carbocycles. The van der Waals surface area contributed by atoms with Crippen molar-refractivity contribution in [2.24, 2.45) is 0 Å². The summed E-state index contributed by atoms with van der Waals surface area (Å²) in [5, 5.41) is 12.3. The van der Waals surface area contributed by atoms with Gasteiger partial charge in [0.2, 0.25) is 0 Å². The van der Waals surface area contributed by atoms with E-state index in [9.17, 15) is 0 Å². The first-order chi connectivity index (χ1) is 7.04. The first-order valence-corrected chi connectivity index (χ1v) is 5.48. The maximum atomic E-state index is 8.98. The van der Waals surface area contributed by atoms with Crippen LogP contribution in [0.4, 0.5) is 0 Å². The van der Waals surface area contributed by atoms with E-state index >= 15 is 0 Å². The Bertz CT molecular complexity index is 322. The van der Waals surface area contributed by atoms with Crippen LogP contribution in [0.1, 0.15) is 36.6 Å². The van der Waals surface area contributed by atoms with Gasteiger partial charge in [0, 0.05) is 12.1 Å². The van der Waals surface area contributed by atoms with E-state index in [1.807, 2.05) is 6.92 Å². The molecule has 0 fully saturated rings. The average molecular weight is 207 g/mol. The van der Waals surface area contributed by atoms with E-state index in [-0.39, 0.29) is 18.7 Å². The highest BCUT2D eigenvalue weighted by Gasteiger charge is 2.10. The molecule has 2 N–H and O–H groups in total. The van der Waals surface area contributed by atoms with Gasteiger partial charge in [-0.1, -0.05) is 23.8 Å². The Balaban J connectivity index is 2.77. The van der Waals surface area contributed by atoms with E-state index < -0.39 is 0 Å². The highest BCUT2D eigenvalue weighted by molar-refractivity contribution is 5.32. The Morgan fingerprint density at radius 3 is 2.47 bits per heavy atom. The number of rotatable bonds is 4. The van der Waals surface area contributed by atoms with Gasteiger partial charge in [0.1, 0.15) is 0 Å². The fourth-order valence-electron chi connectivity index (χ4n) is 1.88. The third kappa shape index (κ3) is 3.33. The van der Waals surface area contributed by atoms with Crippen molar-refractivity contribution in [2.75, 3.05) is 6.61 Å². The van der Waals surface area contributed by atoms with E-state index in [1.165, 1.54) is 16.7 Å². The van der Waals surface area contributed by atoms with Crippen molar-refractivity contribution in [2.45, 2.75) is 39.8 Å². The Hall–Kier alpha value is -0.860. The van der Waals surface area contributed by atoms with Gasteiger partial charge in [-0.25, -0.2) is 0 Å². The summed E-state index contributed by atoms with van der Waals surface area (Å²) in [6, 6.07) is 6.90. The van der Waals surface area contributed by atoms with Crippen molar-refractivity contribution in [3.8, 4) is 0 Å². The fourth-order valence-corrected chi connectivity index (χ4v) is 1.88. The van der Waals surface area contributed by atoms with Crippen molar-refractivity contribution in [1.29, 1.82) is 0 Å². The second kappa shape index (κ2) is 5.29. The second-order valence-electron chi connectivity index (χ2n) is 4.33. The Morgan fingerprint density at radius 1 is 1.27 bits per heavy atom.